The summed E-state index contributed by atoms with van der Waals surface area (Å²) in [6.45, 7) is 5.23. The minimum absolute atomic E-state index is 0.0194. The Bertz CT molecular complexity index is 137. The van der Waals surface area contributed by atoms with Gasteiger partial charge in [0, 0.05) is 19.6 Å². The molecule has 0 saturated heterocycles. The maximum atomic E-state index is 11.0. The van der Waals surface area contributed by atoms with E-state index >= 15 is 0 Å². The maximum Gasteiger partial charge on any atom is 0.222 e. The molecular weight excluding hydrogens is 170 g/mol. The van der Waals surface area contributed by atoms with Gasteiger partial charge < -0.3 is 15.2 Å². The van der Waals surface area contributed by atoms with Gasteiger partial charge in [-0.15, -0.1) is 0 Å². The number of nitrogens with one attached hydrogen (secondary N) is 1. The molecule has 4 nitrogen and oxygen atoms in total. The van der Waals surface area contributed by atoms with Crippen LogP contribution in [0.15, 0.2) is 0 Å². The quantitative estimate of drug-likeness (QED) is 0.566. The Hall–Kier alpha value is -0.610. The van der Waals surface area contributed by atoms with Gasteiger partial charge in [0.05, 0.1) is 12.7 Å². The molecule has 0 rings (SSSR count). The molecule has 1 atom stereocenters. The van der Waals surface area contributed by atoms with Crippen molar-refractivity contribution in [1.29, 1.82) is 0 Å². The van der Waals surface area contributed by atoms with Crippen molar-refractivity contribution in [3.05, 3.63) is 0 Å². The normalized spacial score (nSPS) is 12.5. The van der Waals surface area contributed by atoms with Crippen molar-refractivity contribution in [1.82, 2.24) is 5.32 Å². The minimum atomic E-state index is -0.354. The molecule has 0 fully saturated rings. The number of aliphatic hydroxyl groups excluding tert-OH is 1. The largest absolute Gasteiger partial charge is 0.393 e. The van der Waals surface area contributed by atoms with E-state index in [9.17, 15) is 4.79 Å². The third kappa shape index (κ3) is 9.30. The Morgan fingerprint density at radius 3 is 2.85 bits per heavy atom. The minimum Gasteiger partial charge on any atom is -0.393 e. The zero-order valence-corrected chi connectivity index (χ0v) is 8.38. The van der Waals surface area contributed by atoms with Crippen LogP contribution >= 0.6 is 0 Å². The summed E-state index contributed by atoms with van der Waals surface area (Å²) in [4.78, 5) is 11.0. The van der Waals surface area contributed by atoms with Crippen LogP contribution in [0.1, 0.15) is 26.7 Å². The van der Waals surface area contributed by atoms with E-state index in [1.807, 2.05) is 6.92 Å². The predicted octanol–water partition coefficient (Wildman–Crippen LogP) is 0.300. The summed E-state index contributed by atoms with van der Waals surface area (Å²) in [7, 11) is 0. The van der Waals surface area contributed by atoms with E-state index in [1.54, 1.807) is 6.92 Å². The van der Waals surface area contributed by atoms with Gasteiger partial charge in [0.25, 0.3) is 0 Å². The average molecular weight is 189 g/mol. The van der Waals surface area contributed by atoms with Gasteiger partial charge in [0.1, 0.15) is 0 Å². The topological polar surface area (TPSA) is 58.6 Å². The molecule has 78 valence electrons. The monoisotopic (exact) mass is 189 g/mol. The second kappa shape index (κ2) is 8.01. The van der Waals surface area contributed by atoms with E-state index in [2.05, 4.69) is 5.32 Å². The third-order valence-electron chi connectivity index (χ3n) is 1.56. The van der Waals surface area contributed by atoms with Crippen molar-refractivity contribution >= 4 is 5.91 Å². The number of carbonyl (C=O) groups is 1. The zero-order valence-electron chi connectivity index (χ0n) is 8.38. The van der Waals surface area contributed by atoms with E-state index in [4.69, 9.17) is 9.84 Å². The van der Waals surface area contributed by atoms with Crippen molar-refractivity contribution in [3.63, 3.8) is 0 Å². The molecule has 4 heteroatoms. The predicted molar refractivity (Wildman–Crippen MR) is 50.4 cm³/mol. The van der Waals surface area contributed by atoms with Crippen LogP contribution in [0.5, 0.6) is 0 Å². The molecule has 0 aromatic carbocycles. The number of hydrogen-bond donors (Lipinski definition) is 2. The van der Waals surface area contributed by atoms with Crippen LogP contribution in [0.2, 0.25) is 0 Å². The molecule has 1 unspecified atom stereocenters. The second-order valence-corrected chi connectivity index (χ2v) is 2.93. The molecule has 0 bridgehead atoms. The molecule has 2 N–H and O–H groups in total. The SMILES string of the molecule is CCOCCC(=O)NCCC(C)O. The highest BCUT2D eigenvalue weighted by Crippen LogP contribution is 1.87. The summed E-state index contributed by atoms with van der Waals surface area (Å²) in [5, 5.41) is 11.6. The van der Waals surface area contributed by atoms with Crippen LogP contribution in [-0.4, -0.2) is 36.9 Å². The molecule has 13 heavy (non-hydrogen) atoms. The van der Waals surface area contributed by atoms with Gasteiger partial charge in [-0.2, -0.15) is 0 Å². The molecule has 0 aliphatic carbocycles. The second-order valence-electron chi connectivity index (χ2n) is 2.93. The van der Waals surface area contributed by atoms with Crippen LogP contribution in [0, 0.1) is 0 Å². The van der Waals surface area contributed by atoms with Crippen LogP contribution in [0.3, 0.4) is 0 Å². The smallest absolute Gasteiger partial charge is 0.222 e. The highest BCUT2D eigenvalue weighted by Gasteiger charge is 2.01. The maximum absolute atomic E-state index is 11.0. The van der Waals surface area contributed by atoms with Crippen LogP contribution in [-0.2, 0) is 9.53 Å². The van der Waals surface area contributed by atoms with Crippen molar-refractivity contribution in [2.75, 3.05) is 19.8 Å². The molecule has 0 radical (unpaired) electrons. The molecule has 0 aliphatic heterocycles. The zero-order chi connectivity index (χ0) is 10.1. The molecule has 1 amide bonds. The molecular formula is C9H19NO3. The fourth-order valence-corrected chi connectivity index (χ4v) is 0.818. The number of ether oxygens (including phenoxy) is 1. The summed E-state index contributed by atoms with van der Waals surface area (Å²) in [6, 6.07) is 0. The third-order valence-corrected chi connectivity index (χ3v) is 1.56. The first-order valence-electron chi connectivity index (χ1n) is 4.69. The Labute approximate surface area is 79.3 Å². The number of amides is 1. The van der Waals surface area contributed by atoms with Gasteiger partial charge in [-0.1, -0.05) is 0 Å². The fraction of sp³-hybridized carbons (Fsp3) is 0.889. The molecule has 0 aromatic rings. The van der Waals surface area contributed by atoms with Gasteiger partial charge in [-0.05, 0) is 20.3 Å². The van der Waals surface area contributed by atoms with Crippen molar-refractivity contribution in [3.8, 4) is 0 Å². The lowest BCUT2D eigenvalue weighted by atomic mass is 10.3. The lowest BCUT2D eigenvalue weighted by Crippen LogP contribution is -2.27. The summed E-state index contributed by atoms with van der Waals surface area (Å²) in [5.41, 5.74) is 0. The van der Waals surface area contributed by atoms with Crippen LogP contribution in [0.4, 0.5) is 0 Å². The van der Waals surface area contributed by atoms with E-state index < -0.39 is 0 Å². The number of carbonyl (C=O) groups excluding carboxylic acids is 1. The van der Waals surface area contributed by atoms with Gasteiger partial charge in [-0.3, -0.25) is 4.79 Å². The van der Waals surface area contributed by atoms with Gasteiger partial charge in [0.15, 0.2) is 0 Å². The van der Waals surface area contributed by atoms with E-state index in [0.29, 0.717) is 32.6 Å². The molecule has 0 saturated carbocycles. The molecule has 0 aliphatic rings. The Morgan fingerprint density at radius 1 is 1.62 bits per heavy atom. The van der Waals surface area contributed by atoms with Gasteiger partial charge >= 0.3 is 0 Å². The highest BCUT2D eigenvalue weighted by molar-refractivity contribution is 5.75. The first-order valence-corrected chi connectivity index (χ1v) is 4.69. The highest BCUT2D eigenvalue weighted by atomic mass is 16.5. The van der Waals surface area contributed by atoms with Gasteiger partial charge in [-0.25, -0.2) is 0 Å². The number of hydrogen-bond acceptors (Lipinski definition) is 3. The van der Waals surface area contributed by atoms with Crippen LogP contribution < -0.4 is 5.32 Å². The molecule has 0 spiro atoms. The summed E-state index contributed by atoms with van der Waals surface area (Å²) >= 11 is 0. The first-order chi connectivity index (χ1) is 6.16. The van der Waals surface area contributed by atoms with E-state index in [0.717, 1.165) is 0 Å². The number of aliphatic hydroxyl groups is 1. The summed E-state index contributed by atoms with van der Waals surface area (Å²) in [6.07, 6.45) is 0.640. The average Bonchev–Trinajstić information content (AvgIpc) is 2.04. The fourth-order valence-electron chi connectivity index (χ4n) is 0.818. The first kappa shape index (κ1) is 12.4. The lowest BCUT2D eigenvalue weighted by molar-refractivity contribution is -0.122. The Kier molecular flexibility index (Phi) is 7.63. The summed E-state index contributed by atoms with van der Waals surface area (Å²) < 4.78 is 5.02. The van der Waals surface area contributed by atoms with Crippen molar-refractivity contribution < 1.29 is 14.6 Å². The molecule has 0 heterocycles. The Balaban J connectivity index is 3.20. The van der Waals surface area contributed by atoms with Crippen LogP contribution in [0.25, 0.3) is 0 Å². The lowest BCUT2D eigenvalue weighted by Gasteiger charge is -2.06. The summed E-state index contributed by atoms with van der Waals surface area (Å²) in [5.74, 6) is -0.0194. The number of rotatable bonds is 7. The Morgan fingerprint density at radius 2 is 2.31 bits per heavy atom. The van der Waals surface area contributed by atoms with E-state index in [1.165, 1.54) is 0 Å². The van der Waals surface area contributed by atoms with Crippen molar-refractivity contribution in [2.24, 2.45) is 0 Å². The van der Waals surface area contributed by atoms with E-state index in [-0.39, 0.29) is 12.0 Å². The standard InChI is InChI=1S/C9H19NO3/c1-3-13-7-5-9(12)10-6-4-8(2)11/h8,11H,3-7H2,1-2H3,(H,10,12). The molecule has 0 aromatic heterocycles. The van der Waals surface area contributed by atoms with Gasteiger partial charge in [0.2, 0.25) is 5.91 Å². The van der Waals surface area contributed by atoms with Crippen molar-refractivity contribution in [2.45, 2.75) is 32.8 Å².